The number of nitrogens with two attached hydrogens (primary N) is 1. The number of benzene rings is 2. The summed E-state index contributed by atoms with van der Waals surface area (Å²) in [4.78, 5) is 29.3. The fraction of sp³-hybridized carbons (Fsp3) is 0.227. The molecule has 7 heteroatoms. The first-order chi connectivity index (χ1) is 14.2. The van der Waals surface area contributed by atoms with Crippen LogP contribution in [0.25, 0.3) is 21.8 Å². The largest absolute Gasteiger partial charge is 0.383 e. The van der Waals surface area contributed by atoms with Gasteiger partial charge in [-0.2, -0.15) is 0 Å². The summed E-state index contributed by atoms with van der Waals surface area (Å²) in [6.45, 7) is 3.54. The van der Waals surface area contributed by atoms with Crippen molar-refractivity contribution in [3.05, 3.63) is 66.1 Å². The van der Waals surface area contributed by atoms with E-state index in [0.717, 1.165) is 40.7 Å². The molecule has 1 aliphatic rings. The number of nitrogen functional groups attached to an aromatic ring is 1. The molecule has 1 saturated heterocycles. The van der Waals surface area contributed by atoms with Gasteiger partial charge in [0.05, 0.1) is 12.1 Å². The number of hydrogen-bond donors (Lipinski definition) is 2. The lowest BCUT2D eigenvalue weighted by atomic mass is 10.2. The molecule has 1 aliphatic heterocycles. The number of amides is 1. The van der Waals surface area contributed by atoms with Crippen LogP contribution in [0.4, 0.5) is 5.82 Å². The maximum atomic E-state index is 12.9. The number of fused-ring (bicyclic) bond motifs is 2. The summed E-state index contributed by atoms with van der Waals surface area (Å²) in [5.74, 6) is 1.28. The second-order valence-corrected chi connectivity index (χ2v) is 7.38. The molecule has 29 heavy (non-hydrogen) atoms. The molecule has 0 radical (unpaired) electrons. The van der Waals surface area contributed by atoms with Crippen molar-refractivity contribution in [1.82, 2.24) is 24.8 Å². The first-order valence-electron chi connectivity index (χ1n) is 9.78. The number of aromatic amines is 1. The molecule has 5 rings (SSSR count). The van der Waals surface area contributed by atoms with Crippen LogP contribution in [0.15, 0.2) is 54.6 Å². The Hall–Kier alpha value is -3.45. The van der Waals surface area contributed by atoms with Crippen molar-refractivity contribution >= 4 is 33.5 Å². The zero-order valence-electron chi connectivity index (χ0n) is 16.0. The molecule has 1 amide bonds. The van der Waals surface area contributed by atoms with E-state index < -0.39 is 0 Å². The predicted molar refractivity (Wildman–Crippen MR) is 113 cm³/mol. The first kappa shape index (κ1) is 17.6. The molecule has 1 fully saturated rings. The van der Waals surface area contributed by atoms with Crippen molar-refractivity contribution < 1.29 is 4.79 Å². The van der Waals surface area contributed by atoms with Crippen LogP contribution in [0.3, 0.4) is 0 Å². The average molecular weight is 386 g/mol. The highest BCUT2D eigenvalue weighted by Crippen LogP contribution is 2.19. The van der Waals surface area contributed by atoms with Gasteiger partial charge in [0.1, 0.15) is 17.3 Å². The SMILES string of the molecule is Nc1nc(CN2CCN(C(=O)c3cc4ccccc4[nH]3)CC2)nc2ccccc12. The predicted octanol–water partition coefficient (Wildman–Crippen LogP) is 2.65. The van der Waals surface area contributed by atoms with Crippen molar-refractivity contribution in [3.63, 3.8) is 0 Å². The molecule has 3 N–H and O–H groups in total. The Morgan fingerprint density at radius 3 is 2.59 bits per heavy atom. The summed E-state index contributed by atoms with van der Waals surface area (Å²) in [7, 11) is 0. The molecule has 0 saturated carbocycles. The third-order valence-corrected chi connectivity index (χ3v) is 5.46. The van der Waals surface area contributed by atoms with Crippen LogP contribution in [0, 0.1) is 0 Å². The molecule has 4 aromatic rings. The van der Waals surface area contributed by atoms with Crippen LogP contribution in [0.1, 0.15) is 16.3 Å². The summed E-state index contributed by atoms with van der Waals surface area (Å²) in [5.41, 5.74) is 8.59. The van der Waals surface area contributed by atoms with Crippen LogP contribution in [-0.2, 0) is 6.54 Å². The van der Waals surface area contributed by atoms with Crippen molar-refractivity contribution in [1.29, 1.82) is 0 Å². The smallest absolute Gasteiger partial charge is 0.270 e. The summed E-state index contributed by atoms with van der Waals surface area (Å²) in [5, 5.41) is 1.94. The molecule has 2 aromatic heterocycles. The lowest BCUT2D eigenvalue weighted by molar-refractivity contribution is 0.0621. The number of para-hydroxylation sites is 2. The Bertz CT molecular complexity index is 1160. The minimum absolute atomic E-state index is 0.0482. The monoisotopic (exact) mass is 386 g/mol. The Kier molecular flexibility index (Phi) is 4.37. The molecule has 7 nitrogen and oxygen atoms in total. The highest BCUT2D eigenvalue weighted by atomic mass is 16.2. The normalized spacial score (nSPS) is 15.2. The summed E-state index contributed by atoms with van der Waals surface area (Å²) >= 11 is 0. The number of carbonyl (C=O) groups excluding carboxylic acids is 1. The number of H-pyrrole nitrogens is 1. The van der Waals surface area contributed by atoms with E-state index in [-0.39, 0.29) is 5.91 Å². The van der Waals surface area contributed by atoms with Gasteiger partial charge < -0.3 is 15.6 Å². The van der Waals surface area contributed by atoms with Gasteiger partial charge in [-0.3, -0.25) is 9.69 Å². The van der Waals surface area contributed by atoms with Gasteiger partial charge in [0.25, 0.3) is 5.91 Å². The number of anilines is 1. The number of nitrogens with zero attached hydrogens (tertiary/aromatic N) is 4. The third kappa shape index (κ3) is 3.40. The molecular weight excluding hydrogens is 364 g/mol. The number of rotatable bonds is 3. The fourth-order valence-corrected chi connectivity index (χ4v) is 3.89. The van der Waals surface area contributed by atoms with Crippen LogP contribution in [0.2, 0.25) is 0 Å². The molecular formula is C22H22N6O. The van der Waals surface area contributed by atoms with Crippen molar-refractivity contribution in [2.45, 2.75) is 6.54 Å². The standard InChI is InChI=1S/C22H22N6O/c23-21-16-6-2-4-8-18(16)25-20(26-21)14-27-9-11-28(12-10-27)22(29)19-13-15-5-1-3-7-17(15)24-19/h1-8,13,24H,9-12,14H2,(H2,23,25,26). The van der Waals surface area contributed by atoms with Crippen molar-refractivity contribution in [2.75, 3.05) is 31.9 Å². The van der Waals surface area contributed by atoms with E-state index >= 15 is 0 Å². The van der Waals surface area contributed by atoms with E-state index in [1.807, 2.05) is 59.5 Å². The Morgan fingerprint density at radius 2 is 1.76 bits per heavy atom. The maximum absolute atomic E-state index is 12.9. The van der Waals surface area contributed by atoms with E-state index in [0.29, 0.717) is 31.1 Å². The highest BCUT2D eigenvalue weighted by molar-refractivity contribution is 5.98. The van der Waals surface area contributed by atoms with Crippen LogP contribution >= 0.6 is 0 Å². The Balaban J connectivity index is 1.25. The third-order valence-electron chi connectivity index (χ3n) is 5.46. The maximum Gasteiger partial charge on any atom is 0.270 e. The molecule has 0 spiro atoms. The Morgan fingerprint density at radius 1 is 1.00 bits per heavy atom. The van der Waals surface area contributed by atoms with Gasteiger partial charge in [-0.05, 0) is 24.3 Å². The molecule has 0 bridgehead atoms. The van der Waals surface area contributed by atoms with E-state index in [2.05, 4.69) is 19.9 Å². The van der Waals surface area contributed by atoms with Gasteiger partial charge in [-0.25, -0.2) is 9.97 Å². The van der Waals surface area contributed by atoms with Crippen LogP contribution in [0.5, 0.6) is 0 Å². The van der Waals surface area contributed by atoms with E-state index in [4.69, 9.17) is 5.73 Å². The number of aromatic nitrogens is 3. The second-order valence-electron chi connectivity index (χ2n) is 7.38. The highest BCUT2D eigenvalue weighted by Gasteiger charge is 2.24. The molecule has 0 unspecified atom stereocenters. The number of carbonyl (C=O) groups is 1. The molecule has 0 atom stereocenters. The molecule has 3 heterocycles. The van der Waals surface area contributed by atoms with Gasteiger partial charge in [0.15, 0.2) is 0 Å². The zero-order valence-corrected chi connectivity index (χ0v) is 16.0. The van der Waals surface area contributed by atoms with Gasteiger partial charge in [-0.15, -0.1) is 0 Å². The number of hydrogen-bond acceptors (Lipinski definition) is 5. The lowest BCUT2D eigenvalue weighted by Gasteiger charge is -2.34. The zero-order chi connectivity index (χ0) is 19.8. The first-order valence-corrected chi connectivity index (χ1v) is 9.78. The Labute approximate surface area is 168 Å². The molecule has 2 aromatic carbocycles. The van der Waals surface area contributed by atoms with Crippen molar-refractivity contribution in [2.24, 2.45) is 0 Å². The lowest BCUT2D eigenvalue weighted by Crippen LogP contribution is -2.48. The van der Waals surface area contributed by atoms with Gasteiger partial charge in [0.2, 0.25) is 0 Å². The van der Waals surface area contributed by atoms with Crippen molar-refractivity contribution in [3.8, 4) is 0 Å². The number of piperazine rings is 1. The topological polar surface area (TPSA) is 91.1 Å². The molecule has 0 aliphatic carbocycles. The van der Waals surface area contributed by atoms with Crippen LogP contribution in [-0.4, -0.2) is 56.8 Å². The minimum atomic E-state index is 0.0482. The van der Waals surface area contributed by atoms with Gasteiger partial charge in [-0.1, -0.05) is 30.3 Å². The second kappa shape index (κ2) is 7.18. The quantitative estimate of drug-likeness (QED) is 0.565. The summed E-state index contributed by atoms with van der Waals surface area (Å²) in [6.07, 6.45) is 0. The van der Waals surface area contributed by atoms with Gasteiger partial charge in [0, 0.05) is 42.5 Å². The van der Waals surface area contributed by atoms with E-state index in [9.17, 15) is 4.79 Å². The molecule has 146 valence electrons. The van der Waals surface area contributed by atoms with E-state index in [1.165, 1.54) is 0 Å². The average Bonchev–Trinajstić information content (AvgIpc) is 3.18. The summed E-state index contributed by atoms with van der Waals surface area (Å²) < 4.78 is 0. The van der Waals surface area contributed by atoms with Gasteiger partial charge >= 0.3 is 0 Å². The van der Waals surface area contributed by atoms with Crippen LogP contribution < -0.4 is 5.73 Å². The fourth-order valence-electron chi connectivity index (χ4n) is 3.89. The minimum Gasteiger partial charge on any atom is -0.383 e. The summed E-state index contributed by atoms with van der Waals surface area (Å²) in [6, 6.07) is 17.6. The van der Waals surface area contributed by atoms with E-state index in [1.54, 1.807) is 0 Å². The number of nitrogens with one attached hydrogen (secondary N) is 1.